The van der Waals surface area contributed by atoms with Crippen molar-refractivity contribution >= 4 is 0 Å². The van der Waals surface area contributed by atoms with Gasteiger partial charge in [-0.25, -0.2) is 4.39 Å². The highest BCUT2D eigenvalue weighted by atomic mass is 19.1. The van der Waals surface area contributed by atoms with Gasteiger partial charge in [-0.1, -0.05) is 0 Å². The predicted molar refractivity (Wildman–Crippen MR) is 66.8 cm³/mol. The monoisotopic (exact) mass is 248 g/mol. The Morgan fingerprint density at radius 2 is 2.28 bits per heavy atom. The molecule has 1 aliphatic rings. The van der Waals surface area contributed by atoms with Crippen LogP contribution in [-0.2, 0) is 0 Å². The number of ether oxygens (including phenoxy) is 1. The van der Waals surface area contributed by atoms with Crippen molar-refractivity contribution in [2.45, 2.75) is 38.3 Å². The van der Waals surface area contributed by atoms with Crippen LogP contribution in [0.25, 0.3) is 0 Å². The van der Waals surface area contributed by atoms with E-state index >= 15 is 0 Å². The molecule has 0 amide bonds. The van der Waals surface area contributed by atoms with E-state index < -0.39 is 5.54 Å². The molecule has 96 valence electrons. The van der Waals surface area contributed by atoms with E-state index in [1.165, 1.54) is 6.07 Å². The van der Waals surface area contributed by atoms with Gasteiger partial charge < -0.3 is 4.74 Å². The van der Waals surface area contributed by atoms with Gasteiger partial charge in [-0.15, -0.1) is 0 Å². The van der Waals surface area contributed by atoms with Crippen molar-refractivity contribution in [1.82, 2.24) is 5.32 Å². The average molecular weight is 248 g/mol. The first-order valence-corrected chi connectivity index (χ1v) is 6.10. The summed E-state index contributed by atoms with van der Waals surface area (Å²) in [6, 6.07) is 7.28. The Labute approximate surface area is 107 Å². The molecule has 0 radical (unpaired) electrons. The molecule has 0 saturated heterocycles. The van der Waals surface area contributed by atoms with Gasteiger partial charge >= 0.3 is 0 Å². The van der Waals surface area contributed by atoms with Crippen LogP contribution in [0.3, 0.4) is 0 Å². The number of hydrogen-bond donors (Lipinski definition) is 1. The normalized spacial score (nSPS) is 17.9. The number of halogens is 1. The maximum Gasteiger partial charge on any atom is 0.138 e. The van der Waals surface area contributed by atoms with Crippen molar-refractivity contribution in [3.8, 4) is 11.8 Å². The van der Waals surface area contributed by atoms with Crippen LogP contribution in [0, 0.1) is 24.1 Å². The molecule has 0 bridgehead atoms. The molecule has 1 aromatic carbocycles. The summed E-state index contributed by atoms with van der Waals surface area (Å²) in [7, 11) is 0. The summed E-state index contributed by atoms with van der Waals surface area (Å²) in [4.78, 5) is 0. The van der Waals surface area contributed by atoms with Crippen molar-refractivity contribution in [2.24, 2.45) is 0 Å². The van der Waals surface area contributed by atoms with Gasteiger partial charge in [-0.3, -0.25) is 5.32 Å². The summed E-state index contributed by atoms with van der Waals surface area (Å²) >= 11 is 0. The van der Waals surface area contributed by atoms with Crippen LogP contribution in [0.15, 0.2) is 18.2 Å². The quantitative estimate of drug-likeness (QED) is 0.871. The predicted octanol–water partition coefficient (Wildman–Crippen LogP) is 2.55. The minimum absolute atomic E-state index is 0.249. The van der Waals surface area contributed by atoms with Gasteiger partial charge in [0.15, 0.2) is 0 Å². The summed E-state index contributed by atoms with van der Waals surface area (Å²) in [5, 5.41) is 12.4. The SMILES string of the molecule is Cc1cc(OCC(C)(C#N)NC2CC2)ccc1F. The molecule has 1 aromatic rings. The van der Waals surface area contributed by atoms with Gasteiger partial charge in [-0.05, 0) is 50.5 Å². The Bertz CT molecular complexity index is 479. The second-order valence-corrected chi connectivity index (χ2v) is 5.06. The maximum atomic E-state index is 13.1. The van der Waals surface area contributed by atoms with Gasteiger partial charge in [0.25, 0.3) is 0 Å². The molecule has 1 unspecified atom stereocenters. The van der Waals surface area contributed by atoms with Gasteiger partial charge in [0.1, 0.15) is 23.7 Å². The Morgan fingerprint density at radius 3 is 2.83 bits per heavy atom. The molecule has 1 N–H and O–H groups in total. The summed E-state index contributed by atoms with van der Waals surface area (Å²) < 4.78 is 18.7. The Kier molecular flexibility index (Phi) is 3.53. The van der Waals surface area contributed by atoms with E-state index in [4.69, 9.17) is 4.74 Å². The van der Waals surface area contributed by atoms with Crippen molar-refractivity contribution in [3.63, 3.8) is 0 Å². The lowest BCUT2D eigenvalue weighted by Crippen LogP contribution is -2.47. The molecule has 4 heteroatoms. The van der Waals surface area contributed by atoms with Crippen LogP contribution in [0.5, 0.6) is 5.75 Å². The highest BCUT2D eigenvalue weighted by Crippen LogP contribution is 2.23. The molecular weight excluding hydrogens is 231 g/mol. The second-order valence-electron chi connectivity index (χ2n) is 5.06. The Balaban J connectivity index is 1.96. The van der Waals surface area contributed by atoms with Gasteiger partial charge in [0.05, 0.1) is 6.07 Å². The lowest BCUT2D eigenvalue weighted by molar-refractivity contribution is 0.232. The molecule has 0 heterocycles. The summed E-state index contributed by atoms with van der Waals surface area (Å²) in [5.74, 6) is 0.342. The summed E-state index contributed by atoms with van der Waals surface area (Å²) in [6.07, 6.45) is 2.24. The zero-order valence-corrected chi connectivity index (χ0v) is 10.7. The third kappa shape index (κ3) is 3.21. The van der Waals surface area contributed by atoms with Crippen LogP contribution < -0.4 is 10.1 Å². The fraction of sp³-hybridized carbons (Fsp3) is 0.500. The maximum absolute atomic E-state index is 13.1. The first-order chi connectivity index (χ1) is 8.52. The van der Waals surface area contributed by atoms with E-state index in [0.29, 0.717) is 17.4 Å². The van der Waals surface area contributed by atoms with Crippen molar-refractivity contribution < 1.29 is 9.13 Å². The van der Waals surface area contributed by atoms with Crippen LogP contribution in [-0.4, -0.2) is 18.2 Å². The Hall–Kier alpha value is -1.60. The van der Waals surface area contributed by atoms with E-state index in [-0.39, 0.29) is 12.4 Å². The highest BCUT2D eigenvalue weighted by molar-refractivity contribution is 5.29. The number of aryl methyl sites for hydroxylation is 1. The van der Waals surface area contributed by atoms with Crippen LogP contribution in [0.2, 0.25) is 0 Å². The molecular formula is C14H17FN2O. The smallest absolute Gasteiger partial charge is 0.138 e. The zero-order valence-electron chi connectivity index (χ0n) is 10.7. The number of hydrogen-bond acceptors (Lipinski definition) is 3. The largest absolute Gasteiger partial charge is 0.491 e. The van der Waals surface area contributed by atoms with E-state index in [9.17, 15) is 9.65 Å². The van der Waals surface area contributed by atoms with Crippen LogP contribution >= 0.6 is 0 Å². The number of rotatable bonds is 5. The molecule has 1 fully saturated rings. The van der Waals surface area contributed by atoms with Gasteiger partial charge in [0.2, 0.25) is 0 Å². The summed E-state index contributed by atoms with van der Waals surface area (Å²) in [5.41, 5.74) is -0.148. The minimum atomic E-state index is -0.691. The standard InChI is InChI=1S/C14H17FN2O/c1-10-7-12(5-6-13(10)15)18-9-14(2,8-16)17-11-3-4-11/h5-7,11,17H,3-4,9H2,1-2H3. The lowest BCUT2D eigenvalue weighted by Gasteiger charge is -2.23. The van der Waals surface area contributed by atoms with E-state index in [0.717, 1.165) is 12.8 Å². The first-order valence-electron chi connectivity index (χ1n) is 6.10. The summed E-state index contributed by atoms with van der Waals surface area (Å²) in [6.45, 7) is 3.76. The van der Waals surface area contributed by atoms with Gasteiger partial charge in [-0.2, -0.15) is 5.26 Å². The Morgan fingerprint density at radius 1 is 1.56 bits per heavy atom. The lowest BCUT2D eigenvalue weighted by atomic mass is 10.1. The molecule has 1 saturated carbocycles. The van der Waals surface area contributed by atoms with Gasteiger partial charge in [0, 0.05) is 6.04 Å². The second kappa shape index (κ2) is 4.95. The third-order valence-electron chi connectivity index (χ3n) is 3.00. The highest BCUT2D eigenvalue weighted by Gasteiger charge is 2.33. The molecule has 3 nitrogen and oxygen atoms in total. The average Bonchev–Trinajstić information content (AvgIpc) is 3.15. The third-order valence-corrected chi connectivity index (χ3v) is 3.00. The fourth-order valence-electron chi connectivity index (χ4n) is 1.72. The number of benzene rings is 1. The van der Waals surface area contributed by atoms with Crippen molar-refractivity contribution in [1.29, 1.82) is 5.26 Å². The molecule has 1 aliphatic carbocycles. The van der Waals surface area contributed by atoms with Crippen molar-refractivity contribution in [2.75, 3.05) is 6.61 Å². The molecule has 0 aliphatic heterocycles. The van der Waals surface area contributed by atoms with Crippen LogP contribution in [0.4, 0.5) is 4.39 Å². The molecule has 2 rings (SSSR count). The minimum Gasteiger partial charge on any atom is -0.491 e. The topological polar surface area (TPSA) is 45.0 Å². The first kappa shape index (κ1) is 12.8. The van der Waals surface area contributed by atoms with E-state index in [2.05, 4.69) is 11.4 Å². The zero-order chi connectivity index (χ0) is 13.2. The molecule has 0 aromatic heterocycles. The van der Waals surface area contributed by atoms with Crippen molar-refractivity contribution in [3.05, 3.63) is 29.6 Å². The van der Waals surface area contributed by atoms with E-state index in [1.807, 2.05) is 6.92 Å². The number of nitrogens with one attached hydrogen (secondary N) is 1. The number of nitrogens with zero attached hydrogens (tertiary/aromatic N) is 1. The number of nitriles is 1. The molecule has 1 atom stereocenters. The molecule has 0 spiro atoms. The molecule has 18 heavy (non-hydrogen) atoms. The van der Waals surface area contributed by atoms with Crippen LogP contribution in [0.1, 0.15) is 25.3 Å². The van der Waals surface area contributed by atoms with E-state index in [1.54, 1.807) is 19.1 Å². The fourth-order valence-corrected chi connectivity index (χ4v) is 1.72.